The molecule has 12 rings (SSSR count). The lowest BCUT2D eigenvalue weighted by atomic mass is 9.49. The quantitative estimate of drug-likeness (QED) is 0.219. The van der Waals surface area contributed by atoms with Gasteiger partial charge in [0.2, 0.25) is 0 Å². The van der Waals surface area contributed by atoms with Gasteiger partial charge in [0, 0.05) is 17.8 Å². The number of Topliss-reactive ketones (excluding diaryl/α,β-unsaturated/α-hetero) is 3. The number of aliphatic hydroxyl groups is 3. The van der Waals surface area contributed by atoms with Gasteiger partial charge in [0.05, 0.1) is 22.1 Å². The molecule has 0 aromatic heterocycles. The Balaban J connectivity index is 0.000000182. The lowest BCUT2D eigenvalue weighted by Crippen LogP contribution is -2.52. The van der Waals surface area contributed by atoms with Gasteiger partial charge < -0.3 is 15.3 Å². The van der Waals surface area contributed by atoms with Crippen molar-refractivity contribution >= 4 is 33.3 Å². The van der Waals surface area contributed by atoms with Crippen molar-refractivity contribution in [2.45, 2.75) is 254 Å². The predicted molar refractivity (Wildman–Crippen MR) is 312 cm³/mol. The fourth-order valence-corrected chi connectivity index (χ4v) is 23.6. The van der Waals surface area contributed by atoms with Crippen LogP contribution in [-0.4, -0.2) is 74.8 Å². The summed E-state index contributed by atoms with van der Waals surface area (Å²) in [6.07, 6.45) is 28.4. The first-order chi connectivity index (χ1) is 34.7. The molecule has 24 atom stereocenters. The monoisotopic (exact) mass is 1150 g/mol. The standard InChI is InChI=1S/C21H32BrFO2.2C21H33FO2.4CH4/c1-20-8-6-15-14-7-9-21(25,12-23)10-13(14)2-3-16(15)17(20)4-5-18(20)19(24)11-22;2*1-13(23)18-5-6-19-17-4-3-14-11-21(24,12-22)10-8-15(14)16(17)7-9-20(18,19)2;;;;/h13-18,25H,2-12H2,1H3;2*14-19,24H,3-12H2,1-2H3;4*1H4/t13-,14+,15-,16-,17+,18-,20+,21-;14-,15+,16-,17-,18-,19+,20-,21+;14-,15+,16-,17-,18-,19+,20-,21-;;;;/m111..../s1. The van der Waals surface area contributed by atoms with Gasteiger partial charge in [-0.25, -0.2) is 13.2 Å². The fourth-order valence-electron chi connectivity index (χ4n) is 23.2. The van der Waals surface area contributed by atoms with Gasteiger partial charge in [-0.2, -0.15) is 0 Å². The van der Waals surface area contributed by atoms with Crippen LogP contribution >= 0.6 is 15.9 Å². The van der Waals surface area contributed by atoms with Crippen molar-refractivity contribution in [1.82, 2.24) is 0 Å². The summed E-state index contributed by atoms with van der Waals surface area (Å²) in [4.78, 5) is 36.7. The maximum Gasteiger partial charge on any atom is 0.147 e. The highest BCUT2D eigenvalue weighted by atomic mass is 79.9. The van der Waals surface area contributed by atoms with Gasteiger partial charge in [0.25, 0.3) is 0 Å². The van der Waals surface area contributed by atoms with E-state index in [1.807, 2.05) is 0 Å². The van der Waals surface area contributed by atoms with Gasteiger partial charge in [-0.3, -0.25) is 14.4 Å². The first kappa shape index (κ1) is 65.3. The summed E-state index contributed by atoms with van der Waals surface area (Å²) in [6, 6.07) is 0. The molecule has 0 saturated heterocycles. The van der Waals surface area contributed by atoms with Crippen LogP contribution in [0.5, 0.6) is 0 Å². The molecule has 0 aliphatic heterocycles. The zero-order valence-electron chi connectivity index (χ0n) is 45.9. The summed E-state index contributed by atoms with van der Waals surface area (Å²) in [5.74, 6) is 12.3. The number of hydrogen-bond donors (Lipinski definition) is 3. The Bertz CT molecular complexity index is 1930. The zero-order valence-corrected chi connectivity index (χ0v) is 47.5. The molecule has 0 bridgehead atoms. The molecule has 0 unspecified atom stereocenters. The van der Waals surface area contributed by atoms with Crippen LogP contribution in [0, 0.1) is 123 Å². The number of ketones is 3. The molecule has 77 heavy (non-hydrogen) atoms. The molecule has 12 saturated carbocycles. The summed E-state index contributed by atoms with van der Waals surface area (Å²) < 4.78 is 39.7. The summed E-state index contributed by atoms with van der Waals surface area (Å²) >= 11 is 3.39. The second kappa shape index (κ2) is 24.8. The Kier molecular flexibility index (Phi) is 21.0. The number of carbonyl (C=O) groups excluding carboxylic acids is 3. The Morgan fingerprint density at radius 2 is 0.662 bits per heavy atom. The van der Waals surface area contributed by atoms with Crippen molar-refractivity contribution in [1.29, 1.82) is 0 Å². The van der Waals surface area contributed by atoms with Crippen molar-refractivity contribution < 1.29 is 42.9 Å². The lowest BCUT2D eigenvalue weighted by Gasteiger charge is -2.56. The molecule has 0 aromatic rings. The van der Waals surface area contributed by atoms with E-state index in [-0.39, 0.29) is 63.7 Å². The highest BCUT2D eigenvalue weighted by Crippen LogP contribution is 2.68. The van der Waals surface area contributed by atoms with Crippen LogP contribution in [0.3, 0.4) is 0 Å². The van der Waals surface area contributed by atoms with Crippen molar-refractivity contribution in [2.75, 3.05) is 25.4 Å². The molecule has 0 radical (unpaired) electrons. The van der Waals surface area contributed by atoms with Crippen molar-refractivity contribution in [3.63, 3.8) is 0 Å². The van der Waals surface area contributed by atoms with Crippen LogP contribution in [0.1, 0.15) is 238 Å². The van der Waals surface area contributed by atoms with Gasteiger partial charge in [-0.1, -0.05) is 66.4 Å². The molecule has 12 aliphatic rings. The third-order valence-electron chi connectivity index (χ3n) is 26.6. The van der Waals surface area contributed by atoms with Gasteiger partial charge in [0.15, 0.2) is 0 Å². The minimum absolute atomic E-state index is 0. The highest BCUT2D eigenvalue weighted by molar-refractivity contribution is 9.09. The van der Waals surface area contributed by atoms with E-state index in [0.29, 0.717) is 114 Å². The molecule has 0 aromatic carbocycles. The molecule has 12 aliphatic carbocycles. The van der Waals surface area contributed by atoms with Crippen molar-refractivity contribution in [3.05, 3.63) is 0 Å². The second-order valence-corrected chi connectivity index (χ2v) is 30.0. The zero-order chi connectivity index (χ0) is 52.0. The molecule has 3 N–H and O–H groups in total. The number of carbonyl (C=O) groups is 3. The molecule has 12 fully saturated rings. The van der Waals surface area contributed by atoms with Crippen molar-refractivity contribution in [2.24, 2.45) is 123 Å². The van der Waals surface area contributed by atoms with Gasteiger partial charge >= 0.3 is 0 Å². The molecule has 0 spiro atoms. The van der Waals surface area contributed by atoms with E-state index in [4.69, 9.17) is 0 Å². The molecule has 0 amide bonds. The van der Waals surface area contributed by atoms with E-state index < -0.39 is 36.8 Å². The fraction of sp³-hybridized carbons (Fsp3) is 0.955. The smallest absolute Gasteiger partial charge is 0.147 e. The van der Waals surface area contributed by atoms with E-state index in [1.165, 1.54) is 77.0 Å². The summed E-state index contributed by atoms with van der Waals surface area (Å²) in [5.41, 5.74) is -2.46. The van der Waals surface area contributed by atoms with Crippen LogP contribution in [0.2, 0.25) is 0 Å². The SMILES string of the molecule is C.C.C.C.CC(=O)[C@H]1CC[C@H]2[C@@H]3CC[C@@H]4C[C@@](O)(CF)CC[C@@H]4[C@H]3CC[C@]12C.CC(=O)[C@H]1CC[C@H]2[C@@H]3CC[C@@H]4C[C@](O)(CF)CC[C@@H]4[C@H]3CC[C@]12C.C[C@]12CC[C@H]3[C@@H](CC[C@@H]4C[C@@](O)(CF)CC[C@@H]43)[C@@H]1CC[C@@H]2C(=O)CBr. The summed E-state index contributed by atoms with van der Waals surface area (Å²) in [5, 5.41) is 31.7. The Hall–Kier alpha value is -0.840. The molecule has 446 valence electrons. The van der Waals surface area contributed by atoms with Crippen LogP contribution in [0.4, 0.5) is 13.2 Å². The number of fused-ring (bicyclic) bond motifs is 15. The predicted octanol–water partition coefficient (Wildman–Crippen LogP) is 16.6. The topological polar surface area (TPSA) is 112 Å². The second-order valence-electron chi connectivity index (χ2n) is 29.5. The maximum absolute atomic E-state index is 13.2. The van der Waals surface area contributed by atoms with Crippen LogP contribution in [0.15, 0.2) is 0 Å². The van der Waals surface area contributed by atoms with E-state index in [9.17, 15) is 42.9 Å². The first-order valence-electron chi connectivity index (χ1n) is 30.6. The third kappa shape index (κ3) is 11.5. The van der Waals surface area contributed by atoms with E-state index >= 15 is 0 Å². The van der Waals surface area contributed by atoms with Crippen LogP contribution < -0.4 is 0 Å². The van der Waals surface area contributed by atoms with Crippen LogP contribution in [0.25, 0.3) is 0 Å². The number of halogens is 4. The first-order valence-corrected chi connectivity index (χ1v) is 31.7. The summed E-state index contributed by atoms with van der Waals surface area (Å²) in [6.45, 7) is 9.02. The molecule has 10 heteroatoms. The largest absolute Gasteiger partial charge is 0.387 e. The molecule has 0 heterocycles. The average molecular weight is 1150 g/mol. The third-order valence-corrected chi connectivity index (χ3v) is 27.1. The van der Waals surface area contributed by atoms with E-state index in [1.54, 1.807) is 13.8 Å². The average Bonchev–Trinajstić information content (AvgIpc) is 4.07. The van der Waals surface area contributed by atoms with Crippen molar-refractivity contribution in [3.8, 4) is 0 Å². The normalized spacial score (nSPS) is 50.5. The lowest BCUT2D eigenvalue weighted by molar-refractivity contribution is -0.132. The maximum atomic E-state index is 13.2. The molecular weight excluding hydrogens is 1040 g/mol. The number of alkyl halides is 4. The van der Waals surface area contributed by atoms with Gasteiger partial charge in [0.1, 0.15) is 37.4 Å². The Morgan fingerprint density at radius 1 is 0.390 bits per heavy atom. The Morgan fingerprint density at radius 3 is 0.935 bits per heavy atom. The number of hydrogen-bond acceptors (Lipinski definition) is 6. The van der Waals surface area contributed by atoms with Gasteiger partial charge in [-0.15, -0.1) is 0 Å². The van der Waals surface area contributed by atoms with Gasteiger partial charge in [-0.05, 0) is 292 Å². The minimum Gasteiger partial charge on any atom is -0.387 e. The molecular formula is C67H114BrF3O6. The highest BCUT2D eigenvalue weighted by Gasteiger charge is 2.62. The number of rotatable bonds is 7. The summed E-state index contributed by atoms with van der Waals surface area (Å²) in [7, 11) is 0. The van der Waals surface area contributed by atoms with E-state index in [0.717, 1.165) is 93.3 Å². The Labute approximate surface area is 476 Å². The minimum atomic E-state index is -1.04. The van der Waals surface area contributed by atoms with E-state index in [2.05, 4.69) is 36.7 Å². The van der Waals surface area contributed by atoms with Crippen LogP contribution in [-0.2, 0) is 14.4 Å². The molecule has 6 nitrogen and oxygen atoms in total.